The van der Waals surface area contributed by atoms with E-state index in [9.17, 15) is 8.78 Å². The van der Waals surface area contributed by atoms with Gasteiger partial charge in [0, 0.05) is 4.88 Å². The van der Waals surface area contributed by atoms with Crippen molar-refractivity contribution in [2.24, 2.45) is 0 Å². The quantitative estimate of drug-likeness (QED) is 0.595. The molecule has 0 atom stereocenters. The highest BCUT2D eigenvalue weighted by molar-refractivity contribution is 7.10. The number of thiophene rings is 1. The number of rotatable bonds is 1. The van der Waals surface area contributed by atoms with E-state index in [4.69, 9.17) is 0 Å². The van der Waals surface area contributed by atoms with Crippen molar-refractivity contribution >= 4 is 11.3 Å². The van der Waals surface area contributed by atoms with Crippen LogP contribution in [0.15, 0.2) is 6.07 Å². The predicted octanol–water partition coefficient (Wildman–Crippen LogP) is 3.15. The lowest BCUT2D eigenvalue weighted by Crippen LogP contribution is -1.78. The zero-order valence-corrected chi connectivity index (χ0v) is 6.64. The van der Waals surface area contributed by atoms with Gasteiger partial charge in [0.2, 0.25) is 5.13 Å². The van der Waals surface area contributed by atoms with E-state index in [0.29, 0.717) is 0 Å². The summed E-state index contributed by atoms with van der Waals surface area (Å²) in [6.07, 6.45) is 0. The van der Waals surface area contributed by atoms with Gasteiger partial charge in [-0.2, -0.15) is 4.39 Å². The van der Waals surface area contributed by atoms with Crippen LogP contribution in [0.4, 0.5) is 8.78 Å². The van der Waals surface area contributed by atoms with E-state index < -0.39 is 10.9 Å². The fraction of sp³-hybridized carbons (Fsp3) is 0.429. The number of halogens is 2. The summed E-state index contributed by atoms with van der Waals surface area (Å²) in [5.41, 5.74) is 0. The molecular weight excluding hydrogens is 154 g/mol. The number of hydrogen-bond donors (Lipinski definition) is 0. The summed E-state index contributed by atoms with van der Waals surface area (Å²) in [6.45, 7) is 3.81. The molecule has 10 heavy (non-hydrogen) atoms. The van der Waals surface area contributed by atoms with Crippen LogP contribution in [0.2, 0.25) is 0 Å². The van der Waals surface area contributed by atoms with E-state index >= 15 is 0 Å². The Labute approximate surface area is 62.5 Å². The first kappa shape index (κ1) is 7.66. The first-order valence-corrected chi connectivity index (χ1v) is 3.87. The Morgan fingerprint density at radius 2 is 2.00 bits per heavy atom. The van der Waals surface area contributed by atoms with Gasteiger partial charge in [-0.3, -0.25) is 0 Å². The standard InChI is InChI=1S/C7H8F2S/c1-4(2)6-3-5(8)7(9)10-6/h3-4H,1-2H3. The van der Waals surface area contributed by atoms with Gasteiger partial charge in [0.15, 0.2) is 5.82 Å². The molecule has 1 rings (SSSR count). The van der Waals surface area contributed by atoms with Crippen molar-refractivity contribution in [1.29, 1.82) is 0 Å². The van der Waals surface area contributed by atoms with Crippen LogP contribution in [0.25, 0.3) is 0 Å². The van der Waals surface area contributed by atoms with Crippen LogP contribution in [0.3, 0.4) is 0 Å². The summed E-state index contributed by atoms with van der Waals surface area (Å²) in [5, 5.41) is -0.705. The van der Waals surface area contributed by atoms with Crippen LogP contribution in [-0.4, -0.2) is 0 Å². The smallest absolute Gasteiger partial charge is 0.203 e. The van der Waals surface area contributed by atoms with Gasteiger partial charge in [-0.25, -0.2) is 4.39 Å². The Bertz CT molecular complexity index is 208. The highest BCUT2D eigenvalue weighted by Crippen LogP contribution is 2.25. The lowest BCUT2D eigenvalue weighted by molar-refractivity contribution is 0.530. The van der Waals surface area contributed by atoms with Gasteiger partial charge >= 0.3 is 0 Å². The molecule has 3 heteroatoms. The van der Waals surface area contributed by atoms with Crippen LogP contribution in [0.5, 0.6) is 0 Å². The van der Waals surface area contributed by atoms with Crippen LogP contribution in [-0.2, 0) is 0 Å². The van der Waals surface area contributed by atoms with Crippen LogP contribution < -0.4 is 0 Å². The summed E-state index contributed by atoms with van der Waals surface area (Å²) in [7, 11) is 0. The highest BCUT2D eigenvalue weighted by Gasteiger charge is 2.09. The van der Waals surface area contributed by atoms with Gasteiger partial charge in [-0.1, -0.05) is 13.8 Å². The third-order valence-corrected chi connectivity index (χ3v) is 2.43. The first-order chi connectivity index (χ1) is 4.61. The zero-order chi connectivity index (χ0) is 7.72. The summed E-state index contributed by atoms with van der Waals surface area (Å²) in [6, 6.07) is 1.25. The molecular formula is C7H8F2S. The molecule has 0 unspecified atom stereocenters. The Morgan fingerprint density at radius 3 is 2.20 bits per heavy atom. The zero-order valence-electron chi connectivity index (χ0n) is 5.82. The van der Waals surface area contributed by atoms with Gasteiger partial charge in [0.05, 0.1) is 0 Å². The molecule has 0 aliphatic carbocycles. The molecule has 56 valence electrons. The van der Waals surface area contributed by atoms with Gasteiger partial charge in [0.25, 0.3) is 0 Å². The molecule has 0 fully saturated rings. The van der Waals surface area contributed by atoms with Gasteiger partial charge in [0.1, 0.15) is 0 Å². The fourth-order valence-corrected chi connectivity index (χ4v) is 1.41. The van der Waals surface area contributed by atoms with E-state index in [0.717, 1.165) is 16.2 Å². The van der Waals surface area contributed by atoms with E-state index in [1.807, 2.05) is 13.8 Å². The summed E-state index contributed by atoms with van der Waals surface area (Å²) < 4.78 is 24.7. The summed E-state index contributed by atoms with van der Waals surface area (Å²) in [4.78, 5) is 0.759. The monoisotopic (exact) mass is 162 g/mol. The Kier molecular flexibility index (Phi) is 2.04. The van der Waals surface area contributed by atoms with E-state index in [1.54, 1.807) is 0 Å². The van der Waals surface area contributed by atoms with Crippen LogP contribution in [0.1, 0.15) is 24.6 Å². The topological polar surface area (TPSA) is 0 Å². The molecule has 0 amide bonds. The molecule has 1 heterocycles. The van der Waals surface area contributed by atoms with Crippen molar-refractivity contribution < 1.29 is 8.78 Å². The molecule has 0 bridgehead atoms. The third-order valence-electron chi connectivity index (χ3n) is 1.23. The molecule has 0 aliphatic rings. The largest absolute Gasteiger partial charge is 0.212 e. The minimum Gasteiger partial charge on any atom is -0.203 e. The van der Waals surface area contributed by atoms with Crippen molar-refractivity contribution in [3.8, 4) is 0 Å². The van der Waals surface area contributed by atoms with Crippen molar-refractivity contribution in [3.63, 3.8) is 0 Å². The van der Waals surface area contributed by atoms with Crippen molar-refractivity contribution in [3.05, 3.63) is 21.9 Å². The van der Waals surface area contributed by atoms with Crippen molar-refractivity contribution in [2.45, 2.75) is 19.8 Å². The first-order valence-electron chi connectivity index (χ1n) is 3.06. The Morgan fingerprint density at radius 1 is 1.40 bits per heavy atom. The molecule has 1 aromatic rings. The van der Waals surface area contributed by atoms with E-state index in [2.05, 4.69) is 0 Å². The summed E-state index contributed by atoms with van der Waals surface area (Å²) in [5.74, 6) is -0.516. The maximum Gasteiger partial charge on any atom is 0.212 e. The third kappa shape index (κ3) is 1.34. The van der Waals surface area contributed by atoms with Crippen LogP contribution >= 0.6 is 11.3 Å². The second kappa shape index (κ2) is 2.66. The highest BCUT2D eigenvalue weighted by atomic mass is 32.1. The Hall–Kier alpha value is -0.440. The lowest BCUT2D eigenvalue weighted by Gasteiger charge is -1.95. The number of hydrogen-bond acceptors (Lipinski definition) is 1. The molecule has 1 aromatic heterocycles. The molecule has 0 radical (unpaired) electrons. The van der Waals surface area contributed by atoms with Crippen LogP contribution in [0, 0.1) is 10.9 Å². The average molecular weight is 162 g/mol. The van der Waals surface area contributed by atoms with E-state index in [1.165, 1.54) is 6.07 Å². The second-order valence-electron chi connectivity index (χ2n) is 2.43. The molecule has 0 saturated heterocycles. The maximum atomic E-state index is 12.3. The maximum absolute atomic E-state index is 12.3. The second-order valence-corrected chi connectivity index (χ2v) is 3.46. The van der Waals surface area contributed by atoms with E-state index in [-0.39, 0.29) is 5.92 Å². The predicted molar refractivity (Wildman–Crippen MR) is 38.3 cm³/mol. The van der Waals surface area contributed by atoms with Gasteiger partial charge < -0.3 is 0 Å². The Balaban J connectivity index is 2.98. The van der Waals surface area contributed by atoms with Gasteiger partial charge in [-0.15, -0.1) is 11.3 Å². The SMILES string of the molecule is CC(C)c1cc(F)c(F)s1. The minimum absolute atomic E-state index is 0.212. The van der Waals surface area contributed by atoms with Crippen molar-refractivity contribution in [1.82, 2.24) is 0 Å². The minimum atomic E-state index is -0.728. The average Bonchev–Trinajstić information content (AvgIpc) is 2.13. The lowest BCUT2D eigenvalue weighted by atomic mass is 10.2. The molecule has 0 aromatic carbocycles. The normalized spacial score (nSPS) is 10.9. The molecule has 0 saturated carbocycles. The van der Waals surface area contributed by atoms with Gasteiger partial charge in [-0.05, 0) is 12.0 Å². The summed E-state index contributed by atoms with van der Waals surface area (Å²) >= 11 is 0.881. The van der Waals surface area contributed by atoms with Crippen molar-refractivity contribution in [2.75, 3.05) is 0 Å². The molecule has 0 aliphatic heterocycles. The molecule has 0 N–H and O–H groups in total. The molecule has 0 spiro atoms. The fourth-order valence-electron chi connectivity index (χ4n) is 0.648. The molecule has 0 nitrogen and oxygen atoms in total.